The van der Waals surface area contributed by atoms with Gasteiger partial charge in [-0.2, -0.15) is 0 Å². The average Bonchev–Trinajstić information content (AvgIpc) is 2.39. The maximum absolute atomic E-state index is 12.1. The highest BCUT2D eigenvalue weighted by Crippen LogP contribution is 2.24. The highest BCUT2D eigenvalue weighted by molar-refractivity contribution is 5.93. The van der Waals surface area contributed by atoms with Crippen LogP contribution in [0, 0.1) is 12.8 Å². The summed E-state index contributed by atoms with van der Waals surface area (Å²) in [5, 5.41) is 12.3. The number of aliphatic hydroxyl groups excluding tert-OH is 1. The van der Waals surface area contributed by atoms with Gasteiger partial charge in [0.25, 0.3) is 5.91 Å². The van der Waals surface area contributed by atoms with Crippen molar-refractivity contribution in [1.82, 2.24) is 10.3 Å². The number of hydrogen-bond donors (Lipinski definition) is 2. The topological polar surface area (TPSA) is 62.2 Å². The van der Waals surface area contributed by atoms with Crippen molar-refractivity contribution in [2.45, 2.75) is 38.6 Å². The molecule has 2 atom stereocenters. The predicted molar refractivity (Wildman–Crippen MR) is 69.3 cm³/mol. The number of hydrogen-bond acceptors (Lipinski definition) is 3. The zero-order valence-electron chi connectivity index (χ0n) is 10.7. The molecule has 0 saturated heterocycles. The molecule has 4 nitrogen and oxygen atoms in total. The third-order valence-corrected chi connectivity index (χ3v) is 3.68. The van der Waals surface area contributed by atoms with Gasteiger partial charge in [-0.05, 0) is 31.4 Å². The van der Waals surface area contributed by atoms with Crippen LogP contribution < -0.4 is 5.32 Å². The van der Waals surface area contributed by atoms with Crippen LogP contribution in [0.3, 0.4) is 0 Å². The van der Waals surface area contributed by atoms with Crippen molar-refractivity contribution >= 4 is 5.91 Å². The van der Waals surface area contributed by atoms with Crippen LogP contribution in [0.4, 0.5) is 0 Å². The Bertz CT molecular complexity index is 420. The summed E-state index contributed by atoms with van der Waals surface area (Å²) in [7, 11) is 0. The van der Waals surface area contributed by atoms with E-state index in [2.05, 4.69) is 10.3 Å². The van der Waals surface area contributed by atoms with Crippen LogP contribution in [-0.2, 0) is 0 Å². The lowest BCUT2D eigenvalue weighted by molar-refractivity contribution is 0.0867. The lowest BCUT2D eigenvalue weighted by atomic mass is 9.85. The zero-order chi connectivity index (χ0) is 13.0. The van der Waals surface area contributed by atoms with Crippen molar-refractivity contribution < 1.29 is 9.90 Å². The maximum atomic E-state index is 12.1. The van der Waals surface area contributed by atoms with Crippen molar-refractivity contribution in [1.29, 1.82) is 0 Å². The SMILES string of the molecule is Cc1cccnc1C(=O)NC1CCCCC1CO. The highest BCUT2D eigenvalue weighted by Gasteiger charge is 2.26. The summed E-state index contributed by atoms with van der Waals surface area (Å²) < 4.78 is 0. The molecule has 1 aliphatic rings. The fraction of sp³-hybridized carbons (Fsp3) is 0.571. The minimum atomic E-state index is -0.126. The molecule has 0 bridgehead atoms. The first kappa shape index (κ1) is 13.0. The van der Waals surface area contributed by atoms with E-state index in [4.69, 9.17) is 0 Å². The summed E-state index contributed by atoms with van der Waals surface area (Å²) in [5.41, 5.74) is 1.37. The molecule has 1 fully saturated rings. The Morgan fingerprint density at radius 2 is 2.28 bits per heavy atom. The van der Waals surface area contributed by atoms with Crippen LogP contribution >= 0.6 is 0 Å². The predicted octanol–water partition coefficient (Wildman–Crippen LogP) is 1.67. The number of nitrogens with zero attached hydrogens (tertiary/aromatic N) is 1. The van der Waals surface area contributed by atoms with Crippen molar-refractivity contribution in [2.24, 2.45) is 5.92 Å². The van der Waals surface area contributed by atoms with E-state index in [-0.39, 0.29) is 24.5 Å². The molecule has 1 saturated carbocycles. The maximum Gasteiger partial charge on any atom is 0.270 e. The fourth-order valence-electron chi connectivity index (χ4n) is 2.58. The third-order valence-electron chi connectivity index (χ3n) is 3.68. The van der Waals surface area contributed by atoms with E-state index in [1.807, 2.05) is 19.1 Å². The molecule has 2 rings (SSSR count). The molecular formula is C14H20N2O2. The number of pyridine rings is 1. The molecule has 98 valence electrons. The monoisotopic (exact) mass is 248 g/mol. The van der Waals surface area contributed by atoms with Crippen LogP contribution in [0.15, 0.2) is 18.3 Å². The minimum Gasteiger partial charge on any atom is -0.396 e. The summed E-state index contributed by atoms with van der Waals surface area (Å²) in [5.74, 6) is 0.0603. The molecule has 0 radical (unpaired) electrons. The molecule has 4 heteroatoms. The molecule has 18 heavy (non-hydrogen) atoms. The summed E-state index contributed by atoms with van der Waals surface area (Å²) in [6.45, 7) is 2.03. The standard InChI is InChI=1S/C14H20N2O2/c1-10-5-4-8-15-13(10)14(18)16-12-7-3-2-6-11(12)9-17/h4-5,8,11-12,17H,2-3,6-7,9H2,1H3,(H,16,18). The first-order chi connectivity index (χ1) is 8.72. The Labute approximate surface area is 107 Å². The number of aromatic nitrogens is 1. The van der Waals surface area contributed by atoms with Crippen LogP contribution in [-0.4, -0.2) is 28.6 Å². The van der Waals surface area contributed by atoms with E-state index in [1.165, 1.54) is 0 Å². The Balaban J connectivity index is 2.04. The lowest BCUT2D eigenvalue weighted by Crippen LogP contribution is -2.43. The quantitative estimate of drug-likeness (QED) is 0.855. The van der Waals surface area contributed by atoms with Crippen LogP contribution in [0.25, 0.3) is 0 Å². The van der Waals surface area contributed by atoms with Gasteiger partial charge in [0.05, 0.1) is 0 Å². The third kappa shape index (κ3) is 2.88. The molecule has 1 heterocycles. The molecule has 1 amide bonds. The lowest BCUT2D eigenvalue weighted by Gasteiger charge is -2.30. The number of aryl methyl sites for hydroxylation is 1. The number of nitrogens with one attached hydrogen (secondary N) is 1. The van der Waals surface area contributed by atoms with E-state index in [9.17, 15) is 9.90 Å². The summed E-state index contributed by atoms with van der Waals surface area (Å²) in [6.07, 6.45) is 5.82. The number of aliphatic hydroxyl groups is 1. The Morgan fingerprint density at radius 3 is 3.00 bits per heavy atom. The molecule has 1 aromatic heterocycles. The normalized spacial score (nSPS) is 23.7. The van der Waals surface area contributed by atoms with E-state index in [0.717, 1.165) is 31.2 Å². The van der Waals surface area contributed by atoms with Gasteiger partial charge in [0.15, 0.2) is 0 Å². The molecule has 2 N–H and O–H groups in total. The largest absolute Gasteiger partial charge is 0.396 e. The van der Waals surface area contributed by atoms with Crippen molar-refractivity contribution in [2.75, 3.05) is 6.61 Å². The Morgan fingerprint density at radius 1 is 1.50 bits per heavy atom. The summed E-state index contributed by atoms with van der Waals surface area (Å²) >= 11 is 0. The van der Waals surface area contributed by atoms with E-state index in [1.54, 1.807) is 6.20 Å². The average molecular weight is 248 g/mol. The second kappa shape index (κ2) is 5.96. The zero-order valence-corrected chi connectivity index (χ0v) is 10.7. The van der Waals surface area contributed by atoms with E-state index in [0.29, 0.717) is 5.69 Å². The van der Waals surface area contributed by atoms with Crippen LogP contribution in [0.2, 0.25) is 0 Å². The van der Waals surface area contributed by atoms with E-state index >= 15 is 0 Å². The smallest absolute Gasteiger partial charge is 0.270 e. The van der Waals surface area contributed by atoms with Gasteiger partial charge < -0.3 is 10.4 Å². The minimum absolute atomic E-state index is 0.0812. The first-order valence-electron chi connectivity index (χ1n) is 6.55. The molecule has 1 aromatic rings. The summed E-state index contributed by atoms with van der Waals surface area (Å²) in [4.78, 5) is 16.3. The van der Waals surface area contributed by atoms with Crippen LogP contribution in [0.1, 0.15) is 41.7 Å². The van der Waals surface area contributed by atoms with Gasteiger partial charge in [-0.15, -0.1) is 0 Å². The van der Waals surface area contributed by atoms with Crippen molar-refractivity contribution in [3.8, 4) is 0 Å². The van der Waals surface area contributed by atoms with Gasteiger partial charge >= 0.3 is 0 Å². The first-order valence-corrected chi connectivity index (χ1v) is 6.55. The fourth-order valence-corrected chi connectivity index (χ4v) is 2.58. The molecule has 0 spiro atoms. The number of rotatable bonds is 3. The number of carbonyl (C=O) groups excluding carboxylic acids is 1. The van der Waals surface area contributed by atoms with Gasteiger partial charge in [0.2, 0.25) is 0 Å². The van der Waals surface area contributed by atoms with Gasteiger partial charge in [-0.25, -0.2) is 0 Å². The molecule has 0 aliphatic heterocycles. The van der Waals surface area contributed by atoms with Crippen LogP contribution in [0.5, 0.6) is 0 Å². The molecular weight excluding hydrogens is 228 g/mol. The van der Waals surface area contributed by atoms with Gasteiger partial charge in [0, 0.05) is 24.8 Å². The van der Waals surface area contributed by atoms with Crippen molar-refractivity contribution in [3.05, 3.63) is 29.6 Å². The Kier molecular flexibility index (Phi) is 4.31. The second-order valence-electron chi connectivity index (χ2n) is 4.98. The Hall–Kier alpha value is -1.42. The van der Waals surface area contributed by atoms with Gasteiger partial charge in [0.1, 0.15) is 5.69 Å². The molecule has 0 aromatic carbocycles. The van der Waals surface area contributed by atoms with E-state index < -0.39 is 0 Å². The highest BCUT2D eigenvalue weighted by atomic mass is 16.3. The second-order valence-corrected chi connectivity index (χ2v) is 4.98. The summed E-state index contributed by atoms with van der Waals surface area (Å²) in [6, 6.07) is 3.79. The van der Waals surface area contributed by atoms with Gasteiger partial charge in [-0.3, -0.25) is 9.78 Å². The van der Waals surface area contributed by atoms with Gasteiger partial charge in [-0.1, -0.05) is 18.9 Å². The molecule has 2 unspecified atom stereocenters. The number of carbonyl (C=O) groups is 1. The molecule has 1 aliphatic carbocycles. The van der Waals surface area contributed by atoms with Crippen molar-refractivity contribution in [3.63, 3.8) is 0 Å². The number of amides is 1.